The summed E-state index contributed by atoms with van der Waals surface area (Å²) in [6.45, 7) is 7.32. The molecule has 0 radical (unpaired) electrons. The van der Waals surface area contributed by atoms with E-state index in [9.17, 15) is 18.0 Å². The monoisotopic (exact) mass is 575 g/mol. The molecule has 0 spiro atoms. The summed E-state index contributed by atoms with van der Waals surface area (Å²) in [6.07, 6.45) is 1.31. The van der Waals surface area contributed by atoms with E-state index in [2.05, 4.69) is 5.32 Å². The summed E-state index contributed by atoms with van der Waals surface area (Å²) in [5, 5.41) is 3.90. The fourth-order valence-electron chi connectivity index (χ4n) is 3.55. The Bertz CT molecular complexity index is 1180. The van der Waals surface area contributed by atoms with Gasteiger partial charge in [0.15, 0.2) is 0 Å². The number of benzene rings is 2. The number of sulfonamides is 1. The zero-order valence-electron chi connectivity index (χ0n) is 21.0. The topological polar surface area (TPSA) is 86.8 Å². The average Bonchev–Trinajstić information content (AvgIpc) is 2.78. The summed E-state index contributed by atoms with van der Waals surface area (Å²) in [4.78, 5) is 28.1. The van der Waals surface area contributed by atoms with Gasteiger partial charge < -0.3 is 10.2 Å². The summed E-state index contributed by atoms with van der Waals surface area (Å²) < 4.78 is 26.4. The van der Waals surface area contributed by atoms with Crippen LogP contribution in [0.2, 0.25) is 15.1 Å². The number of carbonyl (C=O) groups is 2. The van der Waals surface area contributed by atoms with Gasteiger partial charge in [0.2, 0.25) is 21.8 Å². The Kier molecular flexibility index (Phi) is 10.9. The predicted octanol–water partition coefficient (Wildman–Crippen LogP) is 5.30. The first-order chi connectivity index (χ1) is 16.8. The molecule has 11 heteroatoms. The van der Waals surface area contributed by atoms with Crippen molar-refractivity contribution in [1.82, 2.24) is 10.2 Å². The molecule has 1 N–H and O–H groups in total. The van der Waals surface area contributed by atoms with Gasteiger partial charge in [-0.15, -0.1) is 0 Å². The molecular formula is C25H32Cl3N3O4S. The van der Waals surface area contributed by atoms with Gasteiger partial charge in [-0.3, -0.25) is 13.9 Å². The molecule has 0 aliphatic carbocycles. The van der Waals surface area contributed by atoms with Crippen LogP contribution in [0.15, 0.2) is 36.4 Å². The second-order valence-corrected chi connectivity index (χ2v) is 12.1. The van der Waals surface area contributed by atoms with Crippen molar-refractivity contribution in [2.45, 2.75) is 46.7 Å². The lowest BCUT2D eigenvalue weighted by Gasteiger charge is -2.33. The van der Waals surface area contributed by atoms with Crippen LogP contribution in [-0.4, -0.2) is 50.5 Å². The summed E-state index contributed by atoms with van der Waals surface area (Å²) in [5.74, 6) is -0.715. The standard InChI is InChI=1S/C25H32Cl3N3O4S/c1-6-23(25(33)29-13-16(2)3)30(14-19-20(26)8-7-9-21(19)27)24(32)15-31(36(5,34)35)18-11-10-17(4)22(28)12-18/h7-12,16,23H,6,13-15H2,1-5H3,(H,29,33)/t23-/m0/s1. The van der Waals surface area contributed by atoms with Crippen LogP contribution >= 0.6 is 34.8 Å². The third-order valence-electron chi connectivity index (χ3n) is 5.58. The summed E-state index contributed by atoms with van der Waals surface area (Å²) in [6, 6.07) is 8.84. The third kappa shape index (κ3) is 8.00. The second-order valence-electron chi connectivity index (χ2n) is 8.99. The smallest absolute Gasteiger partial charge is 0.244 e. The van der Waals surface area contributed by atoms with Crippen LogP contribution in [0, 0.1) is 12.8 Å². The summed E-state index contributed by atoms with van der Waals surface area (Å²) in [5.41, 5.74) is 1.48. The normalized spacial score (nSPS) is 12.4. The van der Waals surface area contributed by atoms with E-state index in [0.29, 0.717) is 33.6 Å². The third-order valence-corrected chi connectivity index (χ3v) is 7.84. The Hall–Kier alpha value is -2.00. The Morgan fingerprint density at radius 1 is 1.03 bits per heavy atom. The minimum absolute atomic E-state index is 0.0722. The van der Waals surface area contributed by atoms with Gasteiger partial charge in [-0.25, -0.2) is 8.42 Å². The van der Waals surface area contributed by atoms with Crippen molar-refractivity contribution in [3.05, 3.63) is 62.6 Å². The molecule has 0 heterocycles. The van der Waals surface area contributed by atoms with E-state index in [4.69, 9.17) is 34.8 Å². The Balaban J connectivity index is 2.50. The van der Waals surface area contributed by atoms with Crippen LogP contribution in [0.3, 0.4) is 0 Å². The zero-order valence-corrected chi connectivity index (χ0v) is 24.1. The van der Waals surface area contributed by atoms with Crippen LogP contribution in [0.4, 0.5) is 5.69 Å². The van der Waals surface area contributed by atoms with Crippen molar-refractivity contribution in [2.75, 3.05) is 23.7 Å². The van der Waals surface area contributed by atoms with Crippen molar-refractivity contribution in [3.8, 4) is 0 Å². The molecule has 0 aliphatic heterocycles. The highest BCUT2D eigenvalue weighted by molar-refractivity contribution is 7.92. The molecule has 0 aromatic heterocycles. The molecule has 1 atom stereocenters. The van der Waals surface area contributed by atoms with Crippen LogP contribution < -0.4 is 9.62 Å². The molecular weight excluding hydrogens is 545 g/mol. The maximum atomic E-state index is 13.7. The van der Waals surface area contributed by atoms with Crippen molar-refractivity contribution in [1.29, 1.82) is 0 Å². The number of hydrogen-bond acceptors (Lipinski definition) is 4. The molecule has 198 valence electrons. The first-order valence-corrected chi connectivity index (χ1v) is 14.5. The summed E-state index contributed by atoms with van der Waals surface area (Å²) >= 11 is 19.0. The van der Waals surface area contributed by atoms with Crippen molar-refractivity contribution in [2.24, 2.45) is 5.92 Å². The number of rotatable bonds is 11. The molecule has 2 rings (SSSR count). The van der Waals surface area contributed by atoms with Crippen molar-refractivity contribution in [3.63, 3.8) is 0 Å². The van der Waals surface area contributed by atoms with E-state index in [1.165, 1.54) is 11.0 Å². The minimum atomic E-state index is -3.86. The molecule has 36 heavy (non-hydrogen) atoms. The highest BCUT2D eigenvalue weighted by Gasteiger charge is 2.32. The van der Waals surface area contributed by atoms with Gasteiger partial charge in [-0.1, -0.05) is 67.7 Å². The minimum Gasteiger partial charge on any atom is -0.354 e. The number of nitrogens with zero attached hydrogens (tertiary/aromatic N) is 2. The van der Waals surface area contributed by atoms with Gasteiger partial charge in [0.25, 0.3) is 0 Å². The lowest BCUT2D eigenvalue weighted by atomic mass is 10.1. The van der Waals surface area contributed by atoms with Crippen molar-refractivity contribution >= 4 is 62.3 Å². The Labute approximate surface area is 228 Å². The number of aryl methyl sites for hydroxylation is 1. The Morgan fingerprint density at radius 2 is 1.64 bits per heavy atom. The predicted molar refractivity (Wildman–Crippen MR) is 147 cm³/mol. The van der Waals surface area contributed by atoms with Crippen LogP contribution in [0.25, 0.3) is 0 Å². The lowest BCUT2D eigenvalue weighted by Crippen LogP contribution is -2.52. The van der Waals surface area contributed by atoms with Gasteiger partial charge in [-0.2, -0.15) is 0 Å². The SMILES string of the molecule is CC[C@@H](C(=O)NCC(C)C)N(Cc1c(Cl)cccc1Cl)C(=O)CN(c1ccc(C)c(Cl)c1)S(C)(=O)=O. The van der Waals surface area contributed by atoms with Gasteiger partial charge in [0.05, 0.1) is 11.9 Å². The lowest BCUT2D eigenvalue weighted by molar-refractivity contribution is -0.140. The number of nitrogens with one attached hydrogen (secondary N) is 1. The average molecular weight is 577 g/mol. The van der Waals surface area contributed by atoms with E-state index in [-0.39, 0.29) is 24.1 Å². The molecule has 0 bridgehead atoms. The molecule has 2 amide bonds. The van der Waals surface area contributed by atoms with Gasteiger partial charge in [0, 0.05) is 33.7 Å². The van der Waals surface area contributed by atoms with E-state index < -0.39 is 28.5 Å². The number of amides is 2. The van der Waals surface area contributed by atoms with Crippen LogP contribution in [-0.2, 0) is 26.2 Å². The highest BCUT2D eigenvalue weighted by atomic mass is 35.5. The first kappa shape index (κ1) is 30.2. The number of halogens is 3. The number of carbonyl (C=O) groups excluding carboxylic acids is 2. The molecule has 0 saturated carbocycles. The Morgan fingerprint density at radius 3 is 2.14 bits per heavy atom. The molecule has 0 unspecified atom stereocenters. The quantitative estimate of drug-likeness (QED) is 0.393. The van der Waals surface area contributed by atoms with Gasteiger partial charge in [0.1, 0.15) is 12.6 Å². The maximum absolute atomic E-state index is 13.7. The molecule has 0 aliphatic rings. The fourth-order valence-corrected chi connectivity index (χ4v) is 5.08. The van der Waals surface area contributed by atoms with E-state index >= 15 is 0 Å². The number of hydrogen-bond donors (Lipinski definition) is 1. The van der Waals surface area contributed by atoms with Gasteiger partial charge in [-0.05, 0) is 49.1 Å². The summed E-state index contributed by atoms with van der Waals surface area (Å²) in [7, 11) is -3.86. The maximum Gasteiger partial charge on any atom is 0.244 e. The molecule has 0 saturated heterocycles. The molecule has 0 fully saturated rings. The largest absolute Gasteiger partial charge is 0.354 e. The van der Waals surface area contributed by atoms with E-state index in [0.717, 1.165) is 16.1 Å². The van der Waals surface area contributed by atoms with Crippen molar-refractivity contribution < 1.29 is 18.0 Å². The molecule has 7 nitrogen and oxygen atoms in total. The molecule has 2 aromatic rings. The van der Waals surface area contributed by atoms with Gasteiger partial charge >= 0.3 is 0 Å². The van der Waals surface area contributed by atoms with E-state index in [1.807, 2.05) is 13.8 Å². The van der Waals surface area contributed by atoms with E-state index in [1.54, 1.807) is 44.2 Å². The molecule has 2 aromatic carbocycles. The first-order valence-electron chi connectivity index (χ1n) is 11.5. The second kappa shape index (κ2) is 13.0. The highest BCUT2D eigenvalue weighted by Crippen LogP contribution is 2.28. The zero-order chi connectivity index (χ0) is 27.2. The number of anilines is 1. The van der Waals surface area contributed by atoms with Crippen LogP contribution in [0.5, 0.6) is 0 Å². The van der Waals surface area contributed by atoms with Crippen LogP contribution in [0.1, 0.15) is 38.3 Å². The fraction of sp³-hybridized carbons (Fsp3) is 0.440.